The normalized spacial score (nSPS) is 17.1. The molecule has 0 amide bonds. The molecule has 1 atom stereocenters. The molecule has 0 aromatic heterocycles. The van der Waals surface area contributed by atoms with E-state index in [1.54, 1.807) is 0 Å². The maximum atomic E-state index is 10.7. The van der Waals surface area contributed by atoms with Crippen LogP contribution in [0.2, 0.25) is 0 Å². The van der Waals surface area contributed by atoms with Gasteiger partial charge in [-0.1, -0.05) is 0 Å². The van der Waals surface area contributed by atoms with Gasteiger partial charge in [-0.05, 0) is 0 Å². The zero-order valence-electron chi connectivity index (χ0n) is 11.3. The monoisotopic (exact) mass is 424 g/mol. The number of rotatable bonds is 1. The summed E-state index contributed by atoms with van der Waals surface area (Å²) in [6.07, 6.45) is -0.245. The van der Waals surface area contributed by atoms with Gasteiger partial charge in [0.25, 0.3) is 0 Å². The van der Waals surface area contributed by atoms with Gasteiger partial charge in [0.15, 0.2) is 26.3 Å². The Bertz CT molecular complexity index is 549. The number of ether oxygens (including phenoxy) is 2. The van der Waals surface area contributed by atoms with E-state index in [0.29, 0.717) is 6.61 Å². The Kier molecular flexibility index (Phi) is 11.7. The van der Waals surface area contributed by atoms with Crippen LogP contribution in [0, 0.1) is 0 Å². The molecule has 0 aromatic carbocycles. The van der Waals surface area contributed by atoms with Gasteiger partial charge in [-0.15, -0.1) is 0 Å². The van der Waals surface area contributed by atoms with Crippen LogP contribution in [0.25, 0.3) is 0 Å². The van der Waals surface area contributed by atoms with Crippen molar-refractivity contribution < 1.29 is 66.6 Å². The van der Waals surface area contributed by atoms with Crippen LogP contribution < -0.4 is 0 Å². The van der Waals surface area contributed by atoms with E-state index in [0.717, 1.165) is 0 Å². The molecule has 24 heavy (non-hydrogen) atoms. The third-order valence-electron chi connectivity index (χ3n) is 1.36. The van der Waals surface area contributed by atoms with Crippen LogP contribution in [-0.4, -0.2) is 85.8 Å². The van der Waals surface area contributed by atoms with Crippen molar-refractivity contribution in [2.24, 2.45) is 0 Å². The van der Waals surface area contributed by atoms with Gasteiger partial charge in [0, 0.05) is 0 Å². The average Bonchev–Trinajstić information content (AvgIpc) is 3.07. The first-order valence-electron chi connectivity index (χ1n) is 4.58. The minimum atomic E-state index is -6.09. The van der Waals surface area contributed by atoms with Crippen molar-refractivity contribution in [3.8, 4) is 0 Å². The van der Waals surface area contributed by atoms with Crippen LogP contribution >= 0.6 is 0 Å². The second-order valence-corrected chi connectivity index (χ2v) is 5.89. The van der Waals surface area contributed by atoms with Gasteiger partial charge in [-0.25, -0.2) is 21.6 Å². The fourth-order valence-electron chi connectivity index (χ4n) is 0.316. The molecule has 0 saturated carbocycles. The molecule has 0 aromatic rings. The van der Waals surface area contributed by atoms with Crippen molar-refractivity contribution in [1.29, 1.82) is 0 Å². The maximum absolute atomic E-state index is 10.7. The molecule has 1 heterocycles. The Morgan fingerprint density at radius 2 is 1.21 bits per heavy atom. The number of hydrogen-bond acceptors (Lipinski definition) is 9. The smallest absolute Gasteiger partial charge is 0.741 e. The molecule has 1 aliphatic rings. The predicted octanol–water partition coefficient (Wildman–Crippen LogP) is -0.720. The Hall–Kier alpha value is -0.404. The fourth-order valence-corrected chi connectivity index (χ4v) is 0.316. The summed E-state index contributed by atoms with van der Waals surface area (Å²) < 4.78 is 127. The van der Waals surface area contributed by atoms with Crippen molar-refractivity contribution in [3.63, 3.8) is 0 Å². The molecular weight excluding hydrogens is 418 g/mol. The molecule has 18 heteroatoms. The second-order valence-electron chi connectivity index (χ2n) is 3.14. The second kappa shape index (κ2) is 9.92. The standard InChI is InChI=1S/C4H6O3.2CHF3O3S.Mg/c1-6-4(5)3-2-7-3;2*2-1(3,4)8(5,6)7;/h3H,2H2,1H3;2*(H,5,6,7);/q;;;+2/p-2/t3-;;;/m0.../s1. The Labute approximate surface area is 146 Å². The van der Waals surface area contributed by atoms with Gasteiger partial charge in [-0.2, -0.15) is 26.3 Å². The Balaban J connectivity index is -0.000000270. The van der Waals surface area contributed by atoms with E-state index in [4.69, 9.17) is 25.9 Å². The molecule has 140 valence electrons. The molecule has 1 rings (SSSR count). The van der Waals surface area contributed by atoms with Crippen LogP contribution in [0.3, 0.4) is 0 Å². The maximum Gasteiger partial charge on any atom is 2.00 e. The molecule has 1 aliphatic heterocycles. The molecule has 0 aliphatic carbocycles. The third kappa shape index (κ3) is 13.0. The van der Waals surface area contributed by atoms with E-state index >= 15 is 0 Å². The summed E-state index contributed by atoms with van der Waals surface area (Å²) >= 11 is 0. The Morgan fingerprint density at radius 1 is 1.00 bits per heavy atom. The zero-order chi connectivity index (χ0) is 19.3. The Morgan fingerprint density at radius 3 is 1.25 bits per heavy atom. The van der Waals surface area contributed by atoms with Crippen LogP contribution in [-0.2, 0) is 34.5 Å². The van der Waals surface area contributed by atoms with Gasteiger partial charge in [0.1, 0.15) is 0 Å². The minimum absolute atomic E-state index is 0. The van der Waals surface area contributed by atoms with E-state index in [2.05, 4.69) is 9.47 Å². The van der Waals surface area contributed by atoms with Gasteiger partial charge < -0.3 is 18.6 Å². The molecule has 0 bridgehead atoms. The topological polar surface area (TPSA) is 153 Å². The number of carbonyl (C=O) groups is 1. The number of methoxy groups -OCH3 is 1. The van der Waals surface area contributed by atoms with Gasteiger partial charge in [0.05, 0.1) is 13.7 Å². The largest absolute Gasteiger partial charge is 2.00 e. The number of hydrogen-bond donors (Lipinski definition) is 0. The van der Waals surface area contributed by atoms with Crippen LogP contribution in [0.1, 0.15) is 0 Å². The van der Waals surface area contributed by atoms with Crippen molar-refractivity contribution in [3.05, 3.63) is 0 Å². The fraction of sp³-hybridized carbons (Fsp3) is 0.833. The van der Waals surface area contributed by atoms with Crippen LogP contribution in [0.5, 0.6) is 0 Å². The van der Waals surface area contributed by atoms with Crippen LogP contribution in [0.4, 0.5) is 26.3 Å². The van der Waals surface area contributed by atoms with Crippen LogP contribution in [0.15, 0.2) is 0 Å². The summed E-state index contributed by atoms with van der Waals surface area (Å²) in [6, 6.07) is 0. The predicted molar refractivity (Wildman–Crippen MR) is 59.0 cm³/mol. The number of epoxide rings is 1. The summed E-state index contributed by atoms with van der Waals surface area (Å²) in [5.74, 6) is -0.264. The summed E-state index contributed by atoms with van der Waals surface area (Å²) in [5.41, 5.74) is -11.3. The molecule has 0 N–H and O–H groups in total. The first kappa shape index (κ1) is 28.4. The zero-order valence-corrected chi connectivity index (χ0v) is 14.3. The van der Waals surface area contributed by atoms with E-state index in [-0.39, 0.29) is 35.1 Å². The van der Waals surface area contributed by atoms with Gasteiger partial charge in [-0.3, -0.25) is 0 Å². The summed E-state index contributed by atoms with van der Waals surface area (Å²) in [4.78, 5) is 10.2. The average molecular weight is 425 g/mol. The summed E-state index contributed by atoms with van der Waals surface area (Å²) in [6.45, 7) is 0.534. The summed E-state index contributed by atoms with van der Waals surface area (Å²) in [5, 5.41) is 0. The first-order chi connectivity index (χ1) is 9.84. The quantitative estimate of drug-likeness (QED) is 0.132. The molecule has 0 unspecified atom stereocenters. The molecule has 1 saturated heterocycles. The van der Waals surface area contributed by atoms with E-state index in [1.807, 2.05) is 0 Å². The summed E-state index contributed by atoms with van der Waals surface area (Å²) in [7, 11) is -10.8. The van der Waals surface area contributed by atoms with E-state index in [1.165, 1.54) is 7.11 Å². The number of carbonyl (C=O) groups excluding carboxylic acids is 1. The van der Waals surface area contributed by atoms with Crippen molar-refractivity contribution in [1.82, 2.24) is 0 Å². The number of esters is 1. The number of halogens is 6. The van der Waals surface area contributed by atoms with E-state index in [9.17, 15) is 31.1 Å². The molecule has 0 radical (unpaired) electrons. The van der Waals surface area contributed by atoms with Crippen molar-refractivity contribution in [2.45, 2.75) is 17.1 Å². The molecule has 9 nitrogen and oxygen atoms in total. The SMILES string of the molecule is COC(=O)[C@@H]1CO1.O=S(=O)([O-])C(F)(F)F.O=S(=O)([O-])C(F)(F)F.[Mg+2]. The molecule has 0 spiro atoms. The van der Waals surface area contributed by atoms with Gasteiger partial charge >= 0.3 is 40.0 Å². The van der Waals surface area contributed by atoms with Gasteiger partial charge in [0.2, 0.25) is 0 Å². The van der Waals surface area contributed by atoms with E-state index < -0.39 is 31.3 Å². The first-order valence-corrected chi connectivity index (χ1v) is 7.40. The van der Waals surface area contributed by atoms with Crippen molar-refractivity contribution in [2.75, 3.05) is 13.7 Å². The van der Waals surface area contributed by atoms with Crippen molar-refractivity contribution >= 4 is 49.3 Å². The number of alkyl halides is 6. The third-order valence-corrected chi connectivity index (χ3v) is 2.50. The molecule has 1 fully saturated rings. The molecular formula is C6H6F6MgO9S2. The minimum Gasteiger partial charge on any atom is -0.741 e.